The van der Waals surface area contributed by atoms with Gasteiger partial charge in [-0.15, -0.1) is 0 Å². The fourth-order valence-electron chi connectivity index (χ4n) is 2.11. The normalized spacial score (nSPS) is 14.2. The molecule has 1 amide bonds. The maximum Gasteiger partial charge on any atom is 0.239 e. The van der Waals surface area contributed by atoms with Crippen molar-refractivity contribution in [1.29, 1.82) is 0 Å². The van der Waals surface area contributed by atoms with Gasteiger partial charge in [-0.1, -0.05) is 58.4 Å². The van der Waals surface area contributed by atoms with Crippen LogP contribution < -0.4 is 5.73 Å². The Morgan fingerprint density at radius 3 is 2.20 bits per heavy atom. The largest absolute Gasteiger partial charge is 0.340 e. The van der Waals surface area contributed by atoms with Crippen molar-refractivity contribution < 1.29 is 4.79 Å². The molecular weight excluding hydrogens is 248 g/mol. The van der Waals surface area contributed by atoms with Gasteiger partial charge in [-0.05, 0) is 23.0 Å². The Morgan fingerprint density at radius 1 is 1.20 bits per heavy atom. The molecular formula is C17H28N2O. The number of amides is 1. The molecule has 2 N–H and O–H groups in total. The van der Waals surface area contributed by atoms with Crippen LogP contribution in [0.3, 0.4) is 0 Å². The number of benzene rings is 1. The van der Waals surface area contributed by atoms with E-state index in [-0.39, 0.29) is 11.8 Å². The number of likely N-dealkylation sites (N-methyl/N-ethyl adjacent to an activating group) is 1. The first-order chi connectivity index (χ1) is 9.36. The van der Waals surface area contributed by atoms with E-state index in [0.717, 1.165) is 12.0 Å². The zero-order valence-corrected chi connectivity index (χ0v) is 13.4. The van der Waals surface area contributed by atoms with Crippen molar-refractivity contribution in [2.45, 2.75) is 52.6 Å². The summed E-state index contributed by atoms with van der Waals surface area (Å²) in [6.07, 6.45) is 0.920. The molecule has 3 nitrogen and oxygen atoms in total. The molecule has 0 saturated heterocycles. The molecule has 1 aromatic rings. The molecule has 1 unspecified atom stereocenters. The highest BCUT2D eigenvalue weighted by molar-refractivity contribution is 5.81. The third-order valence-corrected chi connectivity index (χ3v) is 3.98. The maximum absolute atomic E-state index is 12.2. The lowest BCUT2D eigenvalue weighted by Crippen LogP contribution is -2.45. The molecule has 0 aromatic heterocycles. The number of rotatable bonds is 6. The summed E-state index contributed by atoms with van der Waals surface area (Å²) in [5.74, 6) is 0.766. The van der Waals surface area contributed by atoms with Crippen LogP contribution in [0.1, 0.15) is 51.2 Å². The average molecular weight is 276 g/mol. The van der Waals surface area contributed by atoms with Crippen LogP contribution in [0.4, 0.5) is 0 Å². The fraction of sp³-hybridized carbons (Fsp3) is 0.588. The molecule has 3 heteroatoms. The predicted octanol–water partition coefficient (Wildman–Crippen LogP) is 3.14. The second-order valence-corrected chi connectivity index (χ2v) is 6.00. The van der Waals surface area contributed by atoms with Gasteiger partial charge in [0.15, 0.2) is 0 Å². The summed E-state index contributed by atoms with van der Waals surface area (Å²) in [6.45, 7) is 9.04. The van der Waals surface area contributed by atoms with Crippen LogP contribution in [0.2, 0.25) is 0 Å². The minimum atomic E-state index is -0.403. The van der Waals surface area contributed by atoms with Crippen LogP contribution in [0.15, 0.2) is 24.3 Å². The van der Waals surface area contributed by atoms with E-state index in [9.17, 15) is 4.79 Å². The SMILES string of the molecule is CCC(C)[C@H](N)C(=O)N(C)Cc1ccc(C(C)C)cc1. The third-order valence-electron chi connectivity index (χ3n) is 3.98. The van der Waals surface area contributed by atoms with Crippen LogP contribution in [0.5, 0.6) is 0 Å². The van der Waals surface area contributed by atoms with E-state index < -0.39 is 6.04 Å². The lowest BCUT2D eigenvalue weighted by molar-refractivity contribution is -0.132. The van der Waals surface area contributed by atoms with Gasteiger partial charge in [0.1, 0.15) is 0 Å². The van der Waals surface area contributed by atoms with Crippen molar-refractivity contribution in [3.63, 3.8) is 0 Å². The molecule has 1 aromatic carbocycles. The molecule has 0 fully saturated rings. The molecule has 2 atom stereocenters. The quantitative estimate of drug-likeness (QED) is 0.867. The molecule has 20 heavy (non-hydrogen) atoms. The Kier molecular flexibility index (Phi) is 6.21. The standard InChI is InChI=1S/C17H28N2O/c1-6-13(4)16(18)17(20)19(5)11-14-7-9-15(10-8-14)12(2)3/h7-10,12-13,16H,6,11,18H2,1-5H3/t13?,16-/m0/s1. The van der Waals surface area contributed by atoms with E-state index in [0.29, 0.717) is 12.5 Å². The molecule has 112 valence electrons. The van der Waals surface area contributed by atoms with Crippen molar-refractivity contribution in [1.82, 2.24) is 4.90 Å². The Morgan fingerprint density at radius 2 is 1.75 bits per heavy atom. The molecule has 0 aliphatic rings. The molecule has 1 rings (SSSR count). The predicted molar refractivity (Wildman–Crippen MR) is 84.4 cm³/mol. The minimum absolute atomic E-state index is 0.0206. The zero-order chi connectivity index (χ0) is 15.3. The number of nitrogens with two attached hydrogens (primary N) is 1. The fourth-order valence-corrected chi connectivity index (χ4v) is 2.11. The van der Waals surface area contributed by atoms with Crippen molar-refractivity contribution in [3.05, 3.63) is 35.4 Å². The summed E-state index contributed by atoms with van der Waals surface area (Å²) in [5, 5.41) is 0. The molecule has 0 radical (unpaired) electrons. The first kappa shape index (κ1) is 16.7. The molecule has 0 heterocycles. The maximum atomic E-state index is 12.2. The van der Waals surface area contributed by atoms with Crippen molar-refractivity contribution in [2.24, 2.45) is 11.7 Å². The van der Waals surface area contributed by atoms with E-state index in [2.05, 4.69) is 45.0 Å². The smallest absolute Gasteiger partial charge is 0.239 e. The monoisotopic (exact) mass is 276 g/mol. The van der Waals surface area contributed by atoms with Gasteiger partial charge in [0, 0.05) is 13.6 Å². The Balaban J connectivity index is 2.65. The highest BCUT2D eigenvalue weighted by atomic mass is 16.2. The lowest BCUT2D eigenvalue weighted by Gasteiger charge is -2.24. The van der Waals surface area contributed by atoms with Gasteiger partial charge in [-0.2, -0.15) is 0 Å². The second kappa shape index (κ2) is 7.44. The van der Waals surface area contributed by atoms with Crippen LogP contribution in [-0.2, 0) is 11.3 Å². The summed E-state index contributed by atoms with van der Waals surface area (Å²) in [4.78, 5) is 13.9. The first-order valence-corrected chi connectivity index (χ1v) is 7.46. The second-order valence-electron chi connectivity index (χ2n) is 6.00. The summed E-state index contributed by atoms with van der Waals surface area (Å²) in [7, 11) is 1.82. The van der Waals surface area contributed by atoms with E-state index in [1.165, 1.54) is 5.56 Å². The van der Waals surface area contributed by atoms with Gasteiger partial charge in [0.05, 0.1) is 6.04 Å². The van der Waals surface area contributed by atoms with E-state index >= 15 is 0 Å². The van der Waals surface area contributed by atoms with Crippen LogP contribution >= 0.6 is 0 Å². The van der Waals surface area contributed by atoms with Gasteiger partial charge >= 0.3 is 0 Å². The number of hydrogen-bond acceptors (Lipinski definition) is 2. The zero-order valence-electron chi connectivity index (χ0n) is 13.4. The summed E-state index contributed by atoms with van der Waals surface area (Å²) in [6, 6.07) is 8.04. The highest BCUT2D eigenvalue weighted by Gasteiger charge is 2.22. The van der Waals surface area contributed by atoms with E-state index in [1.54, 1.807) is 4.90 Å². The molecule has 0 saturated carbocycles. The number of hydrogen-bond donors (Lipinski definition) is 1. The van der Waals surface area contributed by atoms with Crippen LogP contribution in [-0.4, -0.2) is 23.9 Å². The van der Waals surface area contributed by atoms with Gasteiger partial charge in [-0.25, -0.2) is 0 Å². The summed E-state index contributed by atoms with van der Waals surface area (Å²) < 4.78 is 0. The van der Waals surface area contributed by atoms with Crippen molar-refractivity contribution >= 4 is 5.91 Å². The summed E-state index contributed by atoms with van der Waals surface area (Å²) in [5.41, 5.74) is 8.46. The number of nitrogens with zero attached hydrogens (tertiary/aromatic N) is 1. The molecule has 0 aliphatic heterocycles. The van der Waals surface area contributed by atoms with E-state index in [1.807, 2.05) is 14.0 Å². The molecule has 0 spiro atoms. The number of carbonyl (C=O) groups is 1. The van der Waals surface area contributed by atoms with Gasteiger partial charge in [-0.3, -0.25) is 4.79 Å². The first-order valence-electron chi connectivity index (χ1n) is 7.46. The Bertz CT molecular complexity index is 425. The molecule has 0 aliphatic carbocycles. The van der Waals surface area contributed by atoms with Crippen molar-refractivity contribution in [3.8, 4) is 0 Å². The number of carbonyl (C=O) groups excluding carboxylic acids is 1. The lowest BCUT2D eigenvalue weighted by atomic mass is 9.98. The third kappa shape index (κ3) is 4.34. The van der Waals surface area contributed by atoms with Crippen LogP contribution in [0.25, 0.3) is 0 Å². The summed E-state index contributed by atoms with van der Waals surface area (Å²) >= 11 is 0. The highest BCUT2D eigenvalue weighted by Crippen LogP contribution is 2.16. The minimum Gasteiger partial charge on any atom is -0.340 e. The van der Waals surface area contributed by atoms with E-state index in [4.69, 9.17) is 5.73 Å². The van der Waals surface area contributed by atoms with Crippen LogP contribution in [0, 0.1) is 5.92 Å². The van der Waals surface area contributed by atoms with Gasteiger partial charge in [0.2, 0.25) is 5.91 Å². The average Bonchev–Trinajstić information content (AvgIpc) is 2.45. The van der Waals surface area contributed by atoms with Crippen molar-refractivity contribution in [2.75, 3.05) is 7.05 Å². The van der Waals surface area contributed by atoms with Gasteiger partial charge < -0.3 is 10.6 Å². The topological polar surface area (TPSA) is 46.3 Å². The Labute approximate surface area is 123 Å². The molecule has 0 bridgehead atoms. The van der Waals surface area contributed by atoms with Gasteiger partial charge in [0.25, 0.3) is 0 Å². The Hall–Kier alpha value is -1.35.